The summed E-state index contributed by atoms with van der Waals surface area (Å²) in [7, 11) is 0. The molecular formula is C9H9ClOS. The Labute approximate surface area is 81.1 Å². The second-order valence-corrected chi connectivity index (χ2v) is 3.61. The number of rotatable bonds is 3. The molecule has 0 aliphatic heterocycles. The minimum Gasteiger partial charge on any atom is -0.293 e. The smallest absolute Gasteiger partial charge is 0.174 e. The van der Waals surface area contributed by atoms with Gasteiger partial charge in [-0.25, -0.2) is 0 Å². The van der Waals surface area contributed by atoms with Gasteiger partial charge in [0.1, 0.15) is 0 Å². The van der Waals surface area contributed by atoms with Crippen LogP contribution in [-0.4, -0.2) is 17.8 Å². The standard InChI is InChI=1S/C9H9ClOS/c1-12-6-9(11)7-4-2-3-5-8(7)10/h2-5H,6H2,1H3. The molecule has 0 saturated carbocycles. The van der Waals surface area contributed by atoms with Gasteiger partial charge in [0.15, 0.2) is 5.78 Å². The number of ketones is 1. The van der Waals surface area contributed by atoms with E-state index in [4.69, 9.17) is 11.6 Å². The van der Waals surface area contributed by atoms with E-state index in [9.17, 15) is 4.79 Å². The zero-order valence-corrected chi connectivity index (χ0v) is 8.28. The molecule has 0 aromatic heterocycles. The summed E-state index contributed by atoms with van der Waals surface area (Å²) in [6.45, 7) is 0. The van der Waals surface area contributed by atoms with Crippen LogP contribution in [0.15, 0.2) is 24.3 Å². The van der Waals surface area contributed by atoms with Gasteiger partial charge in [0.05, 0.1) is 10.8 Å². The summed E-state index contributed by atoms with van der Waals surface area (Å²) in [5.74, 6) is 0.581. The van der Waals surface area contributed by atoms with E-state index in [0.29, 0.717) is 16.3 Å². The van der Waals surface area contributed by atoms with Crippen LogP contribution in [-0.2, 0) is 0 Å². The van der Waals surface area contributed by atoms with E-state index in [-0.39, 0.29) is 5.78 Å². The van der Waals surface area contributed by atoms with Gasteiger partial charge in [0.25, 0.3) is 0 Å². The van der Waals surface area contributed by atoms with Crippen molar-refractivity contribution in [3.8, 4) is 0 Å². The maximum atomic E-state index is 11.4. The fourth-order valence-corrected chi connectivity index (χ4v) is 1.56. The third-order valence-electron chi connectivity index (χ3n) is 1.45. The minimum atomic E-state index is 0.0908. The summed E-state index contributed by atoms with van der Waals surface area (Å²) in [6, 6.07) is 7.12. The van der Waals surface area contributed by atoms with Gasteiger partial charge < -0.3 is 0 Å². The fourth-order valence-electron chi connectivity index (χ4n) is 0.896. The molecule has 0 amide bonds. The molecule has 0 spiro atoms. The van der Waals surface area contributed by atoms with E-state index in [2.05, 4.69) is 0 Å². The topological polar surface area (TPSA) is 17.1 Å². The van der Waals surface area contributed by atoms with Gasteiger partial charge in [-0.2, -0.15) is 11.8 Å². The van der Waals surface area contributed by atoms with Crippen LogP contribution < -0.4 is 0 Å². The summed E-state index contributed by atoms with van der Waals surface area (Å²) < 4.78 is 0. The van der Waals surface area contributed by atoms with Gasteiger partial charge in [-0.05, 0) is 18.4 Å². The molecular weight excluding hydrogens is 192 g/mol. The average Bonchev–Trinajstić information content (AvgIpc) is 2.05. The third-order valence-corrected chi connectivity index (χ3v) is 2.33. The van der Waals surface area contributed by atoms with E-state index in [1.807, 2.05) is 18.4 Å². The van der Waals surface area contributed by atoms with Crippen LogP contribution in [0.2, 0.25) is 5.02 Å². The molecule has 64 valence electrons. The van der Waals surface area contributed by atoms with Crippen LogP contribution in [0.5, 0.6) is 0 Å². The highest BCUT2D eigenvalue weighted by Gasteiger charge is 2.07. The lowest BCUT2D eigenvalue weighted by molar-refractivity contribution is 0.102. The monoisotopic (exact) mass is 200 g/mol. The third kappa shape index (κ3) is 2.26. The molecule has 0 saturated heterocycles. The van der Waals surface area contributed by atoms with E-state index in [1.165, 1.54) is 11.8 Å². The van der Waals surface area contributed by atoms with E-state index in [1.54, 1.807) is 12.1 Å². The Hall–Kier alpha value is -0.470. The van der Waals surface area contributed by atoms with Gasteiger partial charge in [-0.1, -0.05) is 23.7 Å². The van der Waals surface area contributed by atoms with Crippen molar-refractivity contribution in [2.75, 3.05) is 12.0 Å². The minimum absolute atomic E-state index is 0.0908. The summed E-state index contributed by atoms with van der Waals surface area (Å²) >= 11 is 7.33. The fraction of sp³-hybridized carbons (Fsp3) is 0.222. The Morgan fingerprint density at radius 3 is 2.75 bits per heavy atom. The lowest BCUT2D eigenvalue weighted by Crippen LogP contribution is -2.02. The number of Topliss-reactive ketones (excluding diaryl/α,β-unsaturated/α-hetero) is 1. The maximum absolute atomic E-state index is 11.4. The number of hydrogen-bond donors (Lipinski definition) is 0. The molecule has 0 aliphatic rings. The first kappa shape index (κ1) is 9.62. The van der Waals surface area contributed by atoms with Crippen molar-refractivity contribution in [2.45, 2.75) is 0 Å². The molecule has 0 unspecified atom stereocenters. The van der Waals surface area contributed by atoms with Crippen molar-refractivity contribution in [1.82, 2.24) is 0 Å². The van der Waals surface area contributed by atoms with Gasteiger partial charge in [-0.15, -0.1) is 0 Å². The Kier molecular flexibility index (Phi) is 3.63. The molecule has 1 aromatic rings. The molecule has 0 fully saturated rings. The van der Waals surface area contributed by atoms with Crippen molar-refractivity contribution in [3.05, 3.63) is 34.9 Å². The quantitative estimate of drug-likeness (QED) is 0.698. The van der Waals surface area contributed by atoms with Crippen molar-refractivity contribution >= 4 is 29.1 Å². The Morgan fingerprint density at radius 1 is 1.50 bits per heavy atom. The molecule has 0 radical (unpaired) electrons. The number of carbonyl (C=O) groups is 1. The Balaban J connectivity index is 2.87. The van der Waals surface area contributed by atoms with Crippen LogP contribution >= 0.6 is 23.4 Å². The molecule has 0 aliphatic carbocycles. The maximum Gasteiger partial charge on any atom is 0.174 e. The number of carbonyl (C=O) groups excluding carboxylic acids is 1. The van der Waals surface area contributed by atoms with Crippen molar-refractivity contribution in [2.24, 2.45) is 0 Å². The molecule has 1 nitrogen and oxygen atoms in total. The lowest BCUT2D eigenvalue weighted by Gasteiger charge is -2.00. The molecule has 0 heterocycles. The molecule has 0 bridgehead atoms. The number of hydrogen-bond acceptors (Lipinski definition) is 2. The first-order chi connectivity index (χ1) is 5.75. The second-order valence-electron chi connectivity index (χ2n) is 2.34. The molecule has 0 atom stereocenters. The van der Waals surface area contributed by atoms with Crippen molar-refractivity contribution < 1.29 is 4.79 Å². The molecule has 3 heteroatoms. The molecule has 12 heavy (non-hydrogen) atoms. The predicted octanol–water partition coefficient (Wildman–Crippen LogP) is 2.89. The number of benzene rings is 1. The van der Waals surface area contributed by atoms with Gasteiger partial charge in [-0.3, -0.25) is 4.79 Å². The van der Waals surface area contributed by atoms with Crippen LogP contribution in [0.1, 0.15) is 10.4 Å². The first-order valence-electron chi connectivity index (χ1n) is 3.52. The van der Waals surface area contributed by atoms with Crippen LogP contribution in [0.25, 0.3) is 0 Å². The second kappa shape index (κ2) is 4.53. The summed E-state index contributed by atoms with van der Waals surface area (Å²) in [6.07, 6.45) is 1.90. The zero-order chi connectivity index (χ0) is 8.97. The van der Waals surface area contributed by atoms with E-state index < -0.39 is 0 Å². The summed E-state index contributed by atoms with van der Waals surface area (Å²) in [4.78, 5) is 11.4. The highest BCUT2D eigenvalue weighted by molar-refractivity contribution is 7.99. The molecule has 1 aromatic carbocycles. The van der Waals surface area contributed by atoms with Gasteiger partial charge in [0.2, 0.25) is 0 Å². The number of thioether (sulfide) groups is 1. The highest BCUT2D eigenvalue weighted by atomic mass is 35.5. The van der Waals surface area contributed by atoms with Crippen LogP contribution in [0, 0.1) is 0 Å². The average molecular weight is 201 g/mol. The molecule has 0 N–H and O–H groups in total. The van der Waals surface area contributed by atoms with Gasteiger partial charge in [0, 0.05) is 5.56 Å². The van der Waals surface area contributed by atoms with Crippen molar-refractivity contribution in [1.29, 1.82) is 0 Å². The van der Waals surface area contributed by atoms with E-state index in [0.717, 1.165) is 0 Å². The van der Waals surface area contributed by atoms with Crippen molar-refractivity contribution in [3.63, 3.8) is 0 Å². The highest BCUT2D eigenvalue weighted by Crippen LogP contribution is 2.16. The summed E-state index contributed by atoms with van der Waals surface area (Å²) in [5, 5.41) is 0.538. The Bertz CT molecular complexity index is 286. The lowest BCUT2D eigenvalue weighted by atomic mass is 10.1. The van der Waals surface area contributed by atoms with Crippen LogP contribution in [0.4, 0.5) is 0 Å². The van der Waals surface area contributed by atoms with Gasteiger partial charge >= 0.3 is 0 Å². The Morgan fingerprint density at radius 2 is 2.17 bits per heavy atom. The molecule has 1 rings (SSSR count). The summed E-state index contributed by atoms with van der Waals surface area (Å²) in [5.41, 5.74) is 0.619. The first-order valence-corrected chi connectivity index (χ1v) is 5.29. The zero-order valence-electron chi connectivity index (χ0n) is 6.71. The van der Waals surface area contributed by atoms with E-state index >= 15 is 0 Å². The SMILES string of the molecule is CSCC(=O)c1ccccc1Cl. The predicted molar refractivity (Wildman–Crippen MR) is 54.2 cm³/mol. The number of halogens is 1. The normalized spacial score (nSPS) is 9.83. The largest absolute Gasteiger partial charge is 0.293 e. The van der Waals surface area contributed by atoms with Crippen LogP contribution in [0.3, 0.4) is 0 Å².